The number of rotatable bonds is 5. The van der Waals surface area contributed by atoms with Gasteiger partial charge in [-0.25, -0.2) is 9.18 Å². The first kappa shape index (κ1) is 19.6. The van der Waals surface area contributed by atoms with Crippen molar-refractivity contribution in [3.63, 3.8) is 0 Å². The number of carbonyl (C=O) groups is 2. The minimum absolute atomic E-state index is 0.132. The van der Waals surface area contributed by atoms with Crippen LogP contribution in [0.4, 0.5) is 9.18 Å². The summed E-state index contributed by atoms with van der Waals surface area (Å²) in [6, 6.07) is 8.17. The first-order valence-corrected chi connectivity index (χ1v) is 9.42. The van der Waals surface area contributed by atoms with Crippen molar-refractivity contribution in [2.45, 2.75) is 25.8 Å². The second kappa shape index (κ2) is 8.69. The third-order valence-electron chi connectivity index (χ3n) is 5.60. The highest BCUT2D eigenvalue weighted by molar-refractivity contribution is 5.84. The number of ether oxygens (including phenoxy) is 2. The number of fused-ring (bicyclic) bond motifs is 1. The average molecular weight is 378 g/mol. The lowest BCUT2D eigenvalue weighted by molar-refractivity contribution is -0.145. The van der Waals surface area contributed by atoms with Crippen LogP contribution in [0.5, 0.6) is 0 Å². The molecule has 0 aliphatic carbocycles. The van der Waals surface area contributed by atoms with Crippen LogP contribution in [-0.2, 0) is 27.2 Å². The Labute approximate surface area is 159 Å². The van der Waals surface area contributed by atoms with E-state index in [9.17, 15) is 14.0 Å². The minimum Gasteiger partial charge on any atom is -0.447 e. The molecule has 0 aromatic heterocycles. The van der Waals surface area contributed by atoms with E-state index in [1.165, 1.54) is 11.1 Å². The Hall–Kier alpha value is -2.15. The molecule has 0 bridgehead atoms. The Kier molecular flexibility index (Phi) is 6.31. The molecular formula is C20H27FN2O4. The first-order valence-electron chi connectivity index (χ1n) is 9.42. The summed E-state index contributed by atoms with van der Waals surface area (Å²) < 4.78 is 22.3. The zero-order valence-electron chi connectivity index (χ0n) is 15.8. The van der Waals surface area contributed by atoms with Gasteiger partial charge >= 0.3 is 6.09 Å². The van der Waals surface area contributed by atoms with Gasteiger partial charge in [0.05, 0.1) is 12.0 Å². The van der Waals surface area contributed by atoms with Gasteiger partial charge in [-0.05, 0) is 30.4 Å². The molecule has 1 spiro atoms. The molecule has 27 heavy (non-hydrogen) atoms. The number of nitrogens with zero attached hydrogens (tertiary/aromatic N) is 2. The van der Waals surface area contributed by atoms with Crippen LogP contribution in [0.15, 0.2) is 24.3 Å². The van der Waals surface area contributed by atoms with Crippen molar-refractivity contribution in [2.24, 2.45) is 5.41 Å². The standard InChI is InChI=1S/C20H27FN2O4/c1-26-13-11-23-15-17-5-3-2-4-16(17)14-20(18(23)24)6-9-22(10-7-20)19(25)27-12-8-21/h2-5H,6-15H2,1H3. The fraction of sp³-hybridized carbons (Fsp3) is 0.600. The Morgan fingerprint density at radius 1 is 1.19 bits per heavy atom. The van der Waals surface area contributed by atoms with Gasteiger partial charge in [0.2, 0.25) is 5.91 Å². The number of methoxy groups -OCH3 is 1. The molecule has 2 heterocycles. The molecule has 0 radical (unpaired) electrons. The molecular weight excluding hydrogens is 351 g/mol. The lowest BCUT2D eigenvalue weighted by Crippen LogP contribution is -2.51. The van der Waals surface area contributed by atoms with Crippen molar-refractivity contribution < 1.29 is 23.5 Å². The maximum Gasteiger partial charge on any atom is 0.409 e. The molecule has 0 atom stereocenters. The normalized spacial score (nSPS) is 19.0. The van der Waals surface area contributed by atoms with Crippen LogP contribution in [0.25, 0.3) is 0 Å². The van der Waals surface area contributed by atoms with Crippen LogP contribution >= 0.6 is 0 Å². The highest BCUT2D eigenvalue weighted by Gasteiger charge is 2.46. The molecule has 0 saturated carbocycles. The molecule has 1 aromatic carbocycles. The SMILES string of the molecule is COCCN1Cc2ccccc2CC2(CCN(C(=O)OCCF)CC2)C1=O. The summed E-state index contributed by atoms with van der Waals surface area (Å²) in [6.07, 6.45) is 1.34. The zero-order chi connectivity index (χ0) is 19.3. The van der Waals surface area contributed by atoms with Crippen LogP contribution in [0.2, 0.25) is 0 Å². The molecule has 1 aromatic rings. The number of piperidine rings is 1. The van der Waals surface area contributed by atoms with E-state index in [-0.39, 0.29) is 12.5 Å². The van der Waals surface area contributed by atoms with Crippen molar-refractivity contribution in [3.05, 3.63) is 35.4 Å². The van der Waals surface area contributed by atoms with Crippen molar-refractivity contribution >= 4 is 12.0 Å². The Morgan fingerprint density at radius 3 is 2.56 bits per heavy atom. The third-order valence-corrected chi connectivity index (χ3v) is 5.60. The highest BCUT2D eigenvalue weighted by Crippen LogP contribution is 2.40. The van der Waals surface area contributed by atoms with Crippen molar-refractivity contribution in [2.75, 3.05) is 46.6 Å². The van der Waals surface area contributed by atoms with E-state index in [0.29, 0.717) is 52.0 Å². The van der Waals surface area contributed by atoms with Crippen LogP contribution in [0.1, 0.15) is 24.0 Å². The summed E-state index contributed by atoms with van der Waals surface area (Å²) in [5.74, 6) is 0.132. The number of amides is 2. The van der Waals surface area contributed by atoms with Gasteiger partial charge in [0.1, 0.15) is 13.3 Å². The maximum absolute atomic E-state index is 13.4. The molecule has 0 N–H and O–H groups in total. The maximum atomic E-state index is 13.4. The monoisotopic (exact) mass is 378 g/mol. The number of halogens is 1. The number of hydrogen-bond donors (Lipinski definition) is 0. The number of hydrogen-bond acceptors (Lipinski definition) is 4. The van der Waals surface area contributed by atoms with Crippen molar-refractivity contribution in [1.29, 1.82) is 0 Å². The third kappa shape index (κ3) is 4.24. The average Bonchev–Trinajstić information content (AvgIpc) is 2.80. The molecule has 6 nitrogen and oxygen atoms in total. The molecule has 3 rings (SSSR count). The lowest BCUT2D eigenvalue weighted by Gasteiger charge is -2.41. The summed E-state index contributed by atoms with van der Waals surface area (Å²) in [4.78, 5) is 28.9. The molecule has 2 aliphatic heterocycles. The number of likely N-dealkylation sites (tertiary alicyclic amines) is 1. The second-order valence-electron chi connectivity index (χ2n) is 7.24. The predicted molar refractivity (Wildman–Crippen MR) is 98.0 cm³/mol. The Balaban J connectivity index is 1.79. The second-order valence-corrected chi connectivity index (χ2v) is 7.24. The van der Waals surface area contributed by atoms with E-state index in [4.69, 9.17) is 9.47 Å². The van der Waals surface area contributed by atoms with Crippen LogP contribution < -0.4 is 0 Å². The fourth-order valence-electron chi connectivity index (χ4n) is 4.04. The van der Waals surface area contributed by atoms with E-state index in [0.717, 1.165) is 0 Å². The predicted octanol–water partition coefficient (Wildman–Crippen LogP) is 2.41. The number of benzene rings is 1. The van der Waals surface area contributed by atoms with E-state index < -0.39 is 18.2 Å². The lowest BCUT2D eigenvalue weighted by atomic mass is 9.73. The van der Waals surface area contributed by atoms with Gasteiger partial charge < -0.3 is 19.3 Å². The highest BCUT2D eigenvalue weighted by atomic mass is 19.1. The van der Waals surface area contributed by atoms with Gasteiger partial charge in [-0.1, -0.05) is 24.3 Å². The first-order chi connectivity index (χ1) is 13.1. The van der Waals surface area contributed by atoms with E-state index in [1.807, 2.05) is 17.0 Å². The molecule has 0 unspecified atom stereocenters. The smallest absolute Gasteiger partial charge is 0.409 e. The molecule has 2 aliphatic rings. The Morgan fingerprint density at radius 2 is 1.89 bits per heavy atom. The van der Waals surface area contributed by atoms with Gasteiger partial charge in [0, 0.05) is 33.3 Å². The molecule has 148 valence electrons. The Bertz CT molecular complexity index is 674. The van der Waals surface area contributed by atoms with Gasteiger partial charge in [-0.15, -0.1) is 0 Å². The van der Waals surface area contributed by atoms with E-state index >= 15 is 0 Å². The quantitative estimate of drug-likeness (QED) is 0.790. The largest absolute Gasteiger partial charge is 0.447 e. The summed E-state index contributed by atoms with van der Waals surface area (Å²) in [6.45, 7) is 1.60. The minimum atomic E-state index is -0.687. The fourth-order valence-corrected chi connectivity index (χ4v) is 4.04. The summed E-state index contributed by atoms with van der Waals surface area (Å²) >= 11 is 0. The number of alkyl halides is 1. The van der Waals surface area contributed by atoms with Gasteiger partial charge in [-0.3, -0.25) is 4.79 Å². The van der Waals surface area contributed by atoms with Crippen molar-refractivity contribution in [3.8, 4) is 0 Å². The van der Waals surface area contributed by atoms with E-state index in [2.05, 4.69) is 12.1 Å². The zero-order valence-corrected chi connectivity index (χ0v) is 15.8. The van der Waals surface area contributed by atoms with Crippen LogP contribution in [0, 0.1) is 5.41 Å². The molecule has 2 amide bonds. The van der Waals surface area contributed by atoms with Crippen LogP contribution in [0.3, 0.4) is 0 Å². The summed E-state index contributed by atoms with van der Waals surface area (Å²) in [5.41, 5.74) is 1.85. The summed E-state index contributed by atoms with van der Waals surface area (Å²) in [5, 5.41) is 0. The topological polar surface area (TPSA) is 59.1 Å². The van der Waals surface area contributed by atoms with Crippen molar-refractivity contribution in [1.82, 2.24) is 9.80 Å². The summed E-state index contributed by atoms with van der Waals surface area (Å²) in [7, 11) is 1.63. The number of carbonyl (C=O) groups excluding carboxylic acids is 2. The molecule has 7 heteroatoms. The van der Waals surface area contributed by atoms with Crippen LogP contribution in [-0.4, -0.2) is 68.4 Å². The molecule has 1 fully saturated rings. The van der Waals surface area contributed by atoms with Gasteiger partial charge in [-0.2, -0.15) is 0 Å². The van der Waals surface area contributed by atoms with E-state index in [1.54, 1.807) is 12.0 Å². The molecule has 1 saturated heterocycles. The van der Waals surface area contributed by atoms with Gasteiger partial charge in [0.15, 0.2) is 0 Å². The van der Waals surface area contributed by atoms with Gasteiger partial charge in [0.25, 0.3) is 0 Å².